The van der Waals surface area contributed by atoms with Crippen LogP contribution in [0.1, 0.15) is 206 Å². The van der Waals surface area contributed by atoms with E-state index >= 15 is 0 Å². The zero-order valence-corrected chi connectivity index (χ0v) is 36.5. The van der Waals surface area contributed by atoms with E-state index in [0.29, 0.717) is 12.8 Å². The van der Waals surface area contributed by atoms with Gasteiger partial charge in [0, 0.05) is 12.8 Å². The molecule has 0 N–H and O–H groups in total. The Balaban J connectivity index is 1.66. The van der Waals surface area contributed by atoms with Crippen molar-refractivity contribution in [1.82, 2.24) is 4.90 Å². The van der Waals surface area contributed by atoms with Gasteiger partial charge in [0.1, 0.15) is 12.7 Å². The Kier molecular flexibility index (Phi) is 31.1. The number of likely N-dealkylation sites (tertiary alicyclic amines) is 1. The van der Waals surface area contributed by atoms with Gasteiger partial charge in [0.15, 0.2) is 12.2 Å². The first-order chi connectivity index (χ1) is 27.4. The molecule has 0 aromatic rings. The van der Waals surface area contributed by atoms with Gasteiger partial charge in [-0.05, 0) is 97.2 Å². The fourth-order valence-corrected chi connectivity index (χ4v) is 7.69. The predicted octanol–water partition coefficient (Wildman–Crippen LogP) is 12.2. The fraction of sp³-hybridized carbons (Fsp3) is 0.854. The highest BCUT2D eigenvalue weighted by atomic mass is 16.6. The maximum absolute atomic E-state index is 13.0. The van der Waals surface area contributed by atoms with Crippen LogP contribution in [0.3, 0.4) is 0 Å². The van der Waals surface area contributed by atoms with Crippen LogP contribution in [-0.4, -0.2) is 74.5 Å². The van der Waals surface area contributed by atoms with Gasteiger partial charge in [-0.2, -0.15) is 0 Å². The number of esters is 3. The van der Waals surface area contributed by atoms with Crippen LogP contribution in [0.15, 0.2) is 24.3 Å². The van der Waals surface area contributed by atoms with Gasteiger partial charge < -0.3 is 23.8 Å². The number of ether oxygens (including phenoxy) is 4. The van der Waals surface area contributed by atoms with Crippen molar-refractivity contribution in [2.75, 3.05) is 33.4 Å². The van der Waals surface area contributed by atoms with E-state index < -0.39 is 18.3 Å². The van der Waals surface area contributed by atoms with Crippen molar-refractivity contribution in [3.63, 3.8) is 0 Å². The number of rotatable bonds is 35. The second-order valence-electron chi connectivity index (χ2n) is 16.7. The van der Waals surface area contributed by atoms with Crippen molar-refractivity contribution in [3.8, 4) is 0 Å². The van der Waals surface area contributed by atoms with Crippen LogP contribution in [0, 0.1) is 5.92 Å². The fourth-order valence-electron chi connectivity index (χ4n) is 7.69. The topological polar surface area (TPSA) is 91.4 Å². The molecule has 0 aromatic carbocycles. The molecule has 0 spiro atoms. The Morgan fingerprint density at radius 1 is 0.571 bits per heavy atom. The maximum atomic E-state index is 13.0. The molecule has 2 aliphatic heterocycles. The number of carbonyl (C=O) groups excluding carboxylic acids is 3. The molecule has 2 aliphatic rings. The first kappa shape index (κ1) is 50.0. The average molecular weight is 788 g/mol. The third-order valence-corrected chi connectivity index (χ3v) is 11.5. The summed E-state index contributed by atoms with van der Waals surface area (Å²) >= 11 is 0. The Hall–Kier alpha value is -2.19. The van der Waals surface area contributed by atoms with Gasteiger partial charge in [-0.3, -0.25) is 14.4 Å². The van der Waals surface area contributed by atoms with E-state index in [9.17, 15) is 14.4 Å². The third kappa shape index (κ3) is 25.9. The molecule has 2 rings (SSSR count). The quantitative estimate of drug-likeness (QED) is 0.0271. The summed E-state index contributed by atoms with van der Waals surface area (Å²) in [4.78, 5) is 40.9. The van der Waals surface area contributed by atoms with E-state index in [2.05, 4.69) is 50.1 Å². The summed E-state index contributed by atoms with van der Waals surface area (Å²) in [6, 6.07) is 0. The van der Waals surface area contributed by atoms with Gasteiger partial charge in [0.2, 0.25) is 0 Å². The molecule has 56 heavy (non-hydrogen) atoms. The predicted molar refractivity (Wildman–Crippen MR) is 230 cm³/mol. The number of allylic oxidation sites excluding steroid dienone is 4. The highest BCUT2D eigenvalue weighted by Crippen LogP contribution is 2.25. The van der Waals surface area contributed by atoms with Crippen LogP contribution in [0.4, 0.5) is 0 Å². The second-order valence-corrected chi connectivity index (χ2v) is 16.7. The molecule has 324 valence electrons. The molecule has 0 bridgehead atoms. The standard InChI is InChI=1S/C48H85NO7/c1-4-6-8-10-12-14-16-18-20-22-24-26-28-30-32-34-45(50)55-44-41-53-43(40-54-48(52)42-36-38-49(3)39-37-42)47(44)56-46(51)35-33-31-29-27-25-23-21-19-17-15-13-11-9-7-5-2/h18-21,42-44,47H,4-17,22-41H2,1-3H3/b20-18-,21-19-/t43-,44+,47+/m1/s1. The smallest absolute Gasteiger partial charge is 0.309 e. The molecule has 8 heteroatoms. The van der Waals surface area contributed by atoms with Crippen molar-refractivity contribution in [2.24, 2.45) is 5.92 Å². The second kappa shape index (κ2) is 34.8. The van der Waals surface area contributed by atoms with Crippen molar-refractivity contribution in [2.45, 2.75) is 225 Å². The summed E-state index contributed by atoms with van der Waals surface area (Å²) in [5.74, 6) is -0.971. The number of hydrogen-bond donors (Lipinski definition) is 0. The summed E-state index contributed by atoms with van der Waals surface area (Å²) in [6.45, 7) is 6.36. The van der Waals surface area contributed by atoms with Crippen LogP contribution in [0.2, 0.25) is 0 Å². The molecular formula is C48H85NO7. The number of piperidine rings is 1. The van der Waals surface area contributed by atoms with E-state index in [-0.39, 0.29) is 37.0 Å². The van der Waals surface area contributed by atoms with Crippen molar-refractivity contribution in [3.05, 3.63) is 24.3 Å². The number of carbonyl (C=O) groups is 3. The minimum Gasteiger partial charge on any atom is -0.463 e. The Bertz CT molecular complexity index is 1040. The lowest BCUT2D eigenvalue weighted by atomic mass is 9.97. The summed E-state index contributed by atoms with van der Waals surface area (Å²) in [7, 11) is 2.06. The first-order valence-corrected chi connectivity index (χ1v) is 23.6. The molecule has 0 unspecified atom stereocenters. The van der Waals surface area contributed by atoms with E-state index in [0.717, 1.165) is 83.7 Å². The summed E-state index contributed by atoms with van der Waals surface area (Å²) in [6.07, 6.45) is 40.5. The monoisotopic (exact) mass is 788 g/mol. The van der Waals surface area contributed by atoms with E-state index in [4.69, 9.17) is 18.9 Å². The molecular weight excluding hydrogens is 703 g/mol. The molecule has 2 fully saturated rings. The zero-order valence-electron chi connectivity index (χ0n) is 36.5. The SMILES string of the molecule is CCCCCCCC/C=C\CCCCCCCC(=O)O[C@@H]1[C@@H](OC(=O)CCCCCCC/C=C\CCCCCCCC)CO[C@@H]1COC(=O)C1CCN(C)CC1. The lowest BCUT2D eigenvalue weighted by molar-refractivity contribution is -0.169. The molecule has 0 radical (unpaired) electrons. The molecule has 0 amide bonds. The highest BCUT2D eigenvalue weighted by molar-refractivity contribution is 5.73. The van der Waals surface area contributed by atoms with E-state index in [1.807, 2.05) is 0 Å². The Morgan fingerprint density at radius 3 is 1.45 bits per heavy atom. The van der Waals surface area contributed by atoms with Gasteiger partial charge in [0.05, 0.1) is 12.5 Å². The largest absolute Gasteiger partial charge is 0.463 e. The van der Waals surface area contributed by atoms with Crippen LogP contribution >= 0.6 is 0 Å². The summed E-state index contributed by atoms with van der Waals surface area (Å²) in [5, 5.41) is 0. The van der Waals surface area contributed by atoms with Crippen LogP contribution in [-0.2, 0) is 33.3 Å². The van der Waals surface area contributed by atoms with Crippen molar-refractivity contribution < 1.29 is 33.3 Å². The lowest BCUT2D eigenvalue weighted by Gasteiger charge is -2.28. The molecule has 0 aliphatic carbocycles. The molecule has 2 saturated heterocycles. The highest BCUT2D eigenvalue weighted by Gasteiger charge is 2.43. The molecule has 0 aromatic heterocycles. The Labute approximate surface area is 343 Å². The first-order valence-electron chi connectivity index (χ1n) is 23.6. The van der Waals surface area contributed by atoms with Crippen LogP contribution in [0.5, 0.6) is 0 Å². The third-order valence-electron chi connectivity index (χ3n) is 11.5. The van der Waals surface area contributed by atoms with Crippen LogP contribution in [0.25, 0.3) is 0 Å². The zero-order chi connectivity index (χ0) is 40.3. The van der Waals surface area contributed by atoms with Gasteiger partial charge >= 0.3 is 17.9 Å². The van der Waals surface area contributed by atoms with Gasteiger partial charge in [-0.1, -0.05) is 141 Å². The molecule has 3 atom stereocenters. The molecule has 8 nitrogen and oxygen atoms in total. The maximum Gasteiger partial charge on any atom is 0.309 e. The average Bonchev–Trinajstić information content (AvgIpc) is 3.56. The number of hydrogen-bond acceptors (Lipinski definition) is 8. The number of nitrogens with zero attached hydrogens (tertiary/aromatic N) is 1. The van der Waals surface area contributed by atoms with E-state index in [1.54, 1.807) is 0 Å². The number of unbranched alkanes of at least 4 members (excludes halogenated alkanes) is 22. The van der Waals surface area contributed by atoms with E-state index in [1.165, 1.54) is 109 Å². The minimum absolute atomic E-state index is 0.0151. The lowest BCUT2D eigenvalue weighted by Crippen LogP contribution is -2.41. The summed E-state index contributed by atoms with van der Waals surface area (Å²) < 4.78 is 23.4. The van der Waals surface area contributed by atoms with Crippen molar-refractivity contribution in [1.29, 1.82) is 0 Å². The Morgan fingerprint density at radius 2 is 0.982 bits per heavy atom. The van der Waals surface area contributed by atoms with Crippen LogP contribution < -0.4 is 0 Å². The van der Waals surface area contributed by atoms with Gasteiger partial charge in [-0.25, -0.2) is 0 Å². The molecule has 2 heterocycles. The van der Waals surface area contributed by atoms with Gasteiger partial charge in [0.25, 0.3) is 0 Å². The normalized spacial score (nSPS) is 19.3. The minimum atomic E-state index is -0.783. The summed E-state index contributed by atoms with van der Waals surface area (Å²) in [5.41, 5.74) is 0. The van der Waals surface area contributed by atoms with Crippen molar-refractivity contribution >= 4 is 17.9 Å². The molecule has 0 saturated carbocycles. The van der Waals surface area contributed by atoms with Gasteiger partial charge in [-0.15, -0.1) is 0 Å².